The first-order valence-corrected chi connectivity index (χ1v) is 8.76. The molecule has 0 aromatic heterocycles. The molecule has 3 aromatic rings. The van der Waals surface area contributed by atoms with E-state index in [2.05, 4.69) is 4.18 Å². The van der Waals surface area contributed by atoms with Gasteiger partial charge in [0.25, 0.3) is 0 Å². The average Bonchev–Trinajstić information content (AvgIpc) is 2.55. The van der Waals surface area contributed by atoms with Gasteiger partial charge in [0.15, 0.2) is 5.75 Å². The minimum absolute atomic E-state index is 0.211. The van der Waals surface area contributed by atoms with Gasteiger partial charge in [-0.2, -0.15) is 21.6 Å². The molecular formula is C17H10ClF3O3S. The number of hydrogen-bond donors (Lipinski definition) is 0. The van der Waals surface area contributed by atoms with E-state index >= 15 is 0 Å². The van der Waals surface area contributed by atoms with Gasteiger partial charge in [0.1, 0.15) is 0 Å². The molecule has 0 radical (unpaired) electrons. The Morgan fingerprint density at radius 2 is 1.52 bits per heavy atom. The molecule has 0 aliphatic heterocycles. The van der Waals surface area contributed by atoms with Gasteiger partial charge in [0, 0.05) is 16.0 Å². The molecule has 0 bridgehead atoms. The molecule has 130 valence electrons. The van der Waals surface area contributed by atoms with Crippen LogP contribution in [0.15, 0.2) is 60.7 Å². The smallest absolute Gasteiger partial charge is 0.375 e. The largest absolute Gasteiger partial charge is 0.534 e. The topological polar surface area (TPSA) is 43.4 Å². The zero-order chi connectivity index (χ0) is 18.2. The Kier molecular flexibility index (Phi) is 4.38. The molecule has 0 saturated carbocycles. The van der Waals surface area contributed by atoms with E-state index in [4.69, 9.17) is 11.6 Å². The Morgan fingerprint density at radius 1 is 0.880 bits per heavy atom. The van der Waals surface area contributed by atoms with E-state index in [1.165, 1.54) is 12.1 Å². The molecule has 0 atom stereocenters. The monoisotopic (exact) mass is 386 g/mol. The van der Waals surface area contributed by atoms with E-state index in [0.717, 1.165) is 0 Å². The lowest BCUT2D eigenvalue weighted by atomic mass is 10.00. The first kappa shape index (κ1) is 17.6. The van der Waals surface area contributed by atoms with Crippen LogP contribution in [0.2, 0.25) is 5.02 Å². The number of fused-ring (bicyclic) bond motifs is 1. The summed E-state index contributed by atoms with van der Waals surface area (Å²) in [5.74, 6) is -0.377. The molecule has 0 saturated heterocycles. The van der Waals surface area contributed by atoms with Crippen LogP contribution in [-0.4, -0.2) is 13.9 Å². The second kappa shape index (κ2) is 6.24. The number of alkyl halides is 3. The zero-order valence-corrected chi connectivity index (χ0v) is 14.0. The van der Waals surface area contributed by atoms with Gasteiger partial charge in [-0.3, -0.25) is 0 Å². The molecule has 25 heavy (non-hydrogen) atoms. The third-order valence-corrected chi connectivity index (χ3v) is 4.72. The number of rotatable bonds is 3. The quantitative estimate of drug-likeness (QED) is 0.448. The van der Waals surface area contributed by atoms with Crippen LogP contribution in [-0.2, 0) is 10.1 Å². The van der Waals surface area contributed by atoms with Crippen molar-refractivity contribution in [2.75, 3.05) is 0 Å². The predicted molar refractivity (Wildman–Crippen MR) is 90.0 cm³/mol. The van der Waals surface area contributed by atoms with E-state index in [-0.39, 0.29) is 16.7 Å². The van der Waals surface area contributed by atoms with Crippen LogP contribution >= 0.6 is 11.6 Å². The van der Waals surface area contributed by atoms with Gasteiger partial charge < -0.3 is 4.18 Å². The maximum absolute atomic E-state index is 12.8. The summed E-state index contributed by atoms with van der Waals surface area (Å²) >= 11 is 5.82. The van der Waals surface area contributed by atoms with Crippen LogP contribution in [0, 0.1) is 0 Å². The van der Waals surface area contributed by atoms with E-state index in [0.29, 0.717) is 16.0 Å². The van der Waals surface area contributed by atoms with Crippen molar-refractivity contribution in [2.24, 2.45) is 0 Å². The second-order valence-electron chi connectivity index (χ2n) is 5.15. The molecule has 8 heteroatoms. The molecule has 0 aliphatic rings. The maximum Gasteiger partial charge on any atom is 0.534 e. The van der Waals surface area contributed by atoms with Crippen molar-refractivity contribution < 1.29 is 25.8 Å². The van der Waals surface area contributed by atoms with Crippen molar-refractivity contribution in [1.29, 1.82) is 0 Å². The third-order valence-electron chi connectivity index (χ3n) is 3.51. The highest BCUT2D eigenvalue weighted by molar-refractivity contribution is 7.88. The molecule has 0 heterocycles. The zero-order valence-electron chi connectivity index (χ0n) is 12.4. The molecule has 0 amide bonds. The van der Waals surface area contributed by atoms with Crippen LogP contribution in [0.5, 0.6) is 5.75 Å². The standard InChI is InChI=1S/C17H10ClF3O3S/c18-13-8-5-12(6-9-13)15-10-7-11-3-1-2-4-14(11)16(15)24-25(22,23)17(19,20)21/h1-10H. The Hall–Kier alpha value is -2.25. The molecule has 0 unspecified atom stereocenters. The van der Waals surface area contributed by atoms with Crippen LogP contribution in [0.25, 0.3) is 21.9 Å². The number of halogens is 4. The Morgan fingerprint density at radius 3 is 2.16 bits per heavy atom. The summed E-state index contributed by atoms with van der Waals surface area (Å²) in [6.45, 7) is 0. The SMILES string of the molecule is O=S(=O)(Oc1c(-c2ccc(Cl)cc2)ccc2ccccc12)C(F)(F)F. The summed E-state index contributed by atoms with van der Waals surface area (Å²) < 4.78 is 65.9. The van der Waals surface area contributed by atoms with Crippen LogP contribution < -0.4 is 4.18 Å². The summed E-state index contributed by atoms with van der Waals surface area (Å²) in [4.78, 5) is 0. The van der Waals surface area contributed by atoms with Gasteiger partial charge in [-0.25, -0.2) is 0 Å². The van der Waals surface area contributed by atoms with Crippen molar-refractivity contribution in [2.45, 2.75) is 5.51 Å². The minimum Gasteiger partial charge on any atom is -0.375 e. The first-order valence-electron chi connectivity index (χ1n) is 6.97. The van der Waals surface area contributed by atoms with E-state index < -0.39 is 15.6 Å². The van der Waals surface area contributed by atoms with E-state index in [1.807, 2.05) is 0 Å². The molecule has 0 N–H and O–H groups in total. The number of benzene rings is 3. The van der Waals surface area contributed by atoms with Crippen molar-refractivity contribution >= 4 is 32.5 Å². The van der Waals surface area contributed by atoms with Gasteiger partial charge in [0.05, 0.1) is 0 Å². The van der Waals surface area contributed by atoms with Crippen LogP contribution in [0.1, 0.15) is 0 Å². The second-order valence-corrected chi connectivity index (χ2v) is 7.13. The maximum atomic E-state index is 12.8. The Labute approximate surface area is 146 Å². The van der Waals surface area contributed by atoms with E-state index in [1.54, 1.807) is 48.5 Å². The van der Waals surface area contributed by atoms with Crippen molar-refractivity contribution in [1.82, 2.24) is 0 Å². The predicted octanol–water partition coefficient (Wildman–Crippen LogP) is 5.39. The van der Waals surface area contributed by atoms with Gasteiger partial charge in [-0.15, -0.1) is 0 Å². The van der Waals surface area contributed by atoms with Gasteiger partial charge in [-0.1, -0.05) is 54.1 Å². The third kappa shape index (κ3) is 3.43. The molecule has 0 fully saturated rings. The Bertz CT molecular complexity index is 1030. The highest BCUT2D eigenvalue weighted by Crippen LogP contribution is 2.40. The Balaban J connectivity index is 2.26. The average molecular weight is 387 g/mol. The number of hydrogen-bond acceptors (Lipinski definition) is 3. The fraction of sp³-hybridized carbons (Fsp3) is 0.0588. The summed E-state index contributed by atoms with van der Waals surface area (Å²) in [5.41, 5.74) is -4.84. The van der Waals surface area contributed by atoms with Crippen molar-refractivity contribution in [3.8, 4) is 16.9 Å². The molecule has 0 aliphatic carbocycles. The lowest BCUT2D eigenvalue weighted by Gasteiger charge is -2.15. The summed E-state index contributed by atoms with van der Waals surface area (Å²) in [6, 6.07) is 15.8. The summed E-state index contributed by atoms with van der Waals surface area (Å²) in [7, 11) is -5.81. The van der Waals surface area contributed by atoms with Crippen LogP contribution in [0.3, 0.4) is 0 Å². The first-order chi connectivity index (χ1) is 11.7. The van der Waals surface area contributed by atoms with Gasteiger partial charge in [0.2, 0.25) is 0 Å². The van der Waals surface area contributed by atoms with E-state index in [9.17, 15) is 21.6 Å². The highest BCUT2D eigenvalue weighted by atomic mass is 35.5. The molecule has 3 rings (SSSR count). The summed E-state index contributed by atoms with van der Waals surface area (Å²) in [6.07, 6.45) is 0. The van der Waals surface area contributed by atoms with Crippen molar-refractivity contribution in [3.05, 3.63) is 65.7 Å². The van der Waals surface area contributed by atoms with Gasteiger partial charge in [-0.05, 0) is 29.1 Å². The van der Waals surface area contributed by atoms with Gasteiger partial charge >= 0.3 is 15.6 Å². The molecular weight excluding hydrogens is 377 g/mol. The lowest BCUT2D eigenvalue weighted by Crippen LogP contribution is -2.28. The van der Waals surface area contributed by atoms with Crippen LogP contribution in [0.4, 0.5) is 13.2 Å². The fourth-order valence-corrected chi connectivity index (χ4v) is 2.97. The summed E-state index contributed by atoms with van der Waals surface area (Å²) in [5, 5.41) is 1.24. The highest BCUT2D eigenvalue weighted by Gasteiger charge is 2.49. The normalized spacial score (nSPS) is 12.3. The van der Waals surface area contributed by atoms with Crippen molar-refractivity contribution in [3.63, 3.8) is 0 Å². The lowest BCUT2D eigenvalue weighted by molar-refractivity contribution is -0.0499. The molecule has 0 spiro atoms. The minimum atomic E-state index is -5.81. The molecule has 3 aromatic carbocycles. The molecule has 3 nitrogen and oxygen atoms in total. The fourth-order valence-electron chi connectivity index (χ4n) is 2.35.